The van der Waals surface area contributed by atoms with Crippen LogP contribution in [0.5, 0.6) is 0 Å². The maximum Gasteiger partial charge on any atom is 0.221 e. The highest BCUT2D eigenvalue weighted by molar-refractivity contribution is 5.89. The Morgan fingerprint density at radius 3 is 2.92 bits per heavy atom. The van der Waals surface area contributed by atoms with Gasteiger partial charge in [0.05, 0.1) is 11.1 Å². The number of fused-ring (bicyclic) bond motifs is 1. The monoisotopic (exact) mass is 352 g/mol. The third-order valence-electron chi connectivity index (χ3n) is 3.57. The van der Waals surface area contributed by atoms with Gasteiger partial charge in [0, 0.05) is 31.2 Å². The van der Waals surface area contributed by atoms with Crippen LogP contribution in [-0.4, -0.2) is 20.9 Å². The lowest BCUT2D eigenvalue weighted by molar-refractivity contribution is -0.114. The molecule has 0 saturated carbocycles. The standard InChI is InChI=1S/C17H20N8O/c1-11-3-4-13(23-12(2)26)9-15(11)24-25-22-8-7-19-17-14-5-6-18-16(14)20-10-21-17/h3-10,22,24-25H,1-2H3,(H,23,26)(H2,18,19,20,21)/b8-7-. The highest BCUT2D eigenvalue weighted by Crippen LogP contribution is 2.19. The van der Waals surface area contributed by atoms with E-state index >= 15 is 0 Å². The summed E-state index contributed by atoms with van der Waals surface area (Å²) in [7, 11) is 0. The molecule has 2 heterocycles. The van der Waals surface area contributed by atoms with Crippen molar-refractivity contribution in [3.63, 3.8) is 0 Å². The molecule has 2 aromatic heterocycles. The molecule has 3 rings (SSSR count). The second-order valence-corrected chi connectivity index (χ2v) is 5.55. The number of carbonyl (C=O) groups excluding carboxylic acids is 1. The van der Waals surface area contributed by atoms with Crippen molar-refractivity contribution in [3.8, 4) is 0 Å². The lowest BCUT2D eigenvalue weighted by Crippen LogP contribution is -2.33. The maximum absolute atomic E-state index is 11.1. The zero-order chi connectivity index (χ0) is 18.4. The van der Waals surface area contributed by atoms with Gasteiger partial charge in [-0.05, 0) is 30.7 Å². The van der Waals surface area contributed by atoms with E-state index in [1.807, 2.05) is 37.4 Å². The number of anilines is 3. The molecule has 0 radical (unpaired) electrons. The van der Waals surface area contributed by atoms with E-state index in [2.05, 4.69) is 42.0 Å². The number of aromatic amines is 1. The molecule has 9 heteroatoms. The van der Waals surface area contributed by atoms with Crippen molar-refractivity contribution in [2.24, 2.45) is 0 Å². The maximum atomic E-state index is 11.1. The van der Waals surface area contributed by atoms with Crippen LogP contribution in [0.3, 0.4) is 0 Å². The van der Waals surface area contributed by atoms with Crippen LogP contribution in [0.2, 0.25) is 0 Å². The number of H-pyrrole nitrogens is 1. The van der Waals surface area contributed by atoms with Gasteiger partial charge in [-0.15, -0.1) is 0 Å². The molecule has 134 valence electrons. The second kappa shape index (κ2) is 7.99. The van der Waals surface area contributed by atoms with Gasteiger partial charge in [-0.1, -0.05) is 6.07 Å². The Kier molecular flexibility index (Phi) is 5.30. The zero-order valence-electron chi connectivity index (χ0n) is 14.4. The summed E-state index contributed by atoms with van der Waals surface area (Å²) in [5, 5.41) is 6.74. The van der Waals surface area contributed by atoms with E-state index in [0.29, 0.717) is 5.82 Å². The van der Waals surface area contributed by atoms with Crippen molar-refractivity contribution in [1.82, 2.24) is 25.9 Å². The lowest BCUT2D eigenvalue weighted by Gasteiger charge is -2.12. The number of nitrogens with zero attached hydrogens (tertiary/aromatic N) is 2. The smallest absolute Gasteiger partial charge is 0.221 e. The lowest BCUT2D eigenvalue weighted by atomic mass is 10.2. The molecule has 0 aliphatic heterocycles. The van der Waals surface area contributed by atoms with E-state index in [1.165, 1.54) is 13.3 Å². The van der Waals surface area contributed by atoms with E-state index in [0.717, 1.165) is 28.0 Å². The molecule has 1 amide bonds. The summed E-state index contributed by atoms with van der Waals surface area (Å²) in [6.45, 7) is 3.44. The van der Waals surface area contributed by atoms with E-state index in [1.54, 1.807) is 12.4 Å². The van der Waals surface area contributed by atoms with Gasteiger partial charge in [0.25, 0.3) is 0 Å². The zero-order valence-corrected chi connectivity index (χ0v) is 14.4. The van der Waals surface area contributed by atoms with Crippen LogP contribution in [0.25, 0.3) is 11.0 Å². The Bertz CT molecular complexity index is 933. The summed E-state index contributed by atoms with van der Waals surface area (Å²) < 4.78 is 0. The number of hydrazine groups is 2. The number of aromatic nitrogens is 3. The molecule has 3 aromatic rings. The van der Waals surface area contributed by atoms with Crippen LogP contribution < -0.4 is 27.0 Å². The fourth-order valence-electron chi connectivity index (χ4n) is 2.33. The summed E-state index contributed by atoms with van der Waals surface area (Å²) in [5.41, 5.74) is 12.2. The highest BCUT2D eigenvalue weighted by Gasteiger charge is 2.02. The Hall–Kier alpha value is -3.59. The van der Waals surface area contributed by atoms with Gasteiger partial charge in [0.1, 0.15) is 17.8 Å². The Labute approximate surface area is 150 Å². The van der Waals surface area contributed by atoms with Crippen molar-refractivity contribution in [2.45, 2.75) is 13.8 Å². The van der Waals surface area contributed by atoms with E-state index < -0.39 is 0 Å². The second-order valence-electron chi connectivity index (χ2n) is 5.55. The van der Waals surface area contributed by atoms with E-state index in [9.17, 15) is 4.79 Å². The van der Waals surface area contributed by atoms with Gasteiger partial charge >= 0.3 is 0 Å². The van der Waals surface area contributed by atoms with Crippen LogP contribution >= 0.6 is 0 Å². The van der Waals surface area contributed by atoms with Crippen molar-refractivity contribution >= 4 is 34.1 Å². The third kappa shape index (κ3) is 4.28. The number of carbonyl (C=O) groups is 1. The molecule has 26 heavy (non-hydrogen) atoms. The molecule has 0 aliphatic carbocycles. The summed E-state index contributed by atoms with van der Waals surface area (Å²) >= 11 is 0. The minimum Gasteiger partial charge on any atom is -0.346 e. The first-order chi connectivity index (χ1) is 12.6. The van der Waals surface area contributed by atoms with Crippen molar-refractivity contribution in [1.29, 1.82) is 0 Å². The van der Waals surface area contributed by atoms with Crippen LogP contribution in [0.1, 0.15) is 12.5 Å². The van der Waals surface area contributed by atoms with Crippen molar-refractivity contribution in [3.05, 3.63) is 54.8 Å². The third-order valence-corrected chi connectivity index (χ3v) is 3.57. The molecule has 1 aromatic carbocycles. The first kappa shape index (κ1) is 17.2. The van der Waals surface area contributed by atoms with Crippen LogP contribution in [0, 0.1) is 6.92 Å². The number of amides is 1. The van der Waals surface area contributed by atoms with Gasteiger partial charge in [-0.3, -0.25) is 4.79 Å². The highest BCUT2D eigenvalue weighted by atomic mass is 16.1. The quantitative estimate of drug-likeness (QED) is 0.285. The van der Waals surface area contributed by atoms with E-state index in [4.69, 9.17) is 0 Å². The van der Waals surface area contributed by atoms with Gasteiger partial charge in [0.15, 0.2) is 0 Å². The number of hydrogen-bond acceptors (Lipinski definition) is 7. The normalized spacial score (nSPS) is 10.8. The molecule has 0 unspecified atom stereocenters. The predicted molar refractivity (Wildman–Crippen MR) is 102 cm³/mol. The van der Waals surface area contributed by atoms with E-state index in [-0.39, 0.29) is 5.91 Å². The topological polar surface area (TPSA) is 119 Å². The average Bonchev–Trinajstić information content (AvgIpc) is 3.09. The number of hydrogen-bond donors (Lipinski definition) is 6. The Morgan fingerprint density at radius 2 is 2.08 bits per heavy atom. The molecule has 0 saturated heterocycles. The summed E-state index contributed by atoms with van der Waals surface area (Å²) in [6.07, 6.45) is 6.70. The molecule has 0 fully saturated rings. The molecule has 9 nitrogen and oxygen atoms in total. The fraction of sp³-hybridized carbons (Fsp3) is 0.118. The number of nitrogens with one attached hydrogen (secondary N) is 6. The van der Waals surface area contributed by atoms with Gasteiger partial charge in [-0.2, -0.15) is 5.53 Å². The van der Waals surface area contributed by atoms with Crippen molar-refractivity contribution < 1.29 is 4.79 Å². The van der Waals surface area contributed by atoms with Gasteiger partial charge < -0.3 is 26.5 Å². The fourth-order valence-corrected chi connectivity index (χ4v) is 2.33. The van der Waals surface area contributed by atoms with Crippen LogP contribution in [0.4, 0.5) is 17.2 Å². The summed E-state index contributed by atoms with van der Waals surface area (Å²) in [4.78, 5) is 22.5. The van der Waals surface area contributed by atoms with Gasteiger partial charge in [0.2, 0.25) is 5.91 Å². The molecular weight excluding hydrogens is 332 g/mol. The molecular formula is C17H20N8O. The predicted octanol–water partition coefficient (Wildman–Crippen LogP) is 2.23. The molecule has 0 atom stereocenters. The summed E-state index contributed by atoms with van der Waals surface area (Å²) in [6, 6.07) is 7.52. The minimum absolute atomic E-state index is 0.110. The number of aryl methyl sites for hydroxylation is 1. The summed E-state index contributed by atoms with van der Waals surface area (Å²) in [5.74, 6) is 0.599. The van der Waals surface area contributed by atoms with Gasteiger partial charge in [-0.25, -0.2) is 9.97 Å². The Balaban J connectivity index is 1.50. The largest absolute Gasteiger partial charge is 0.346 e. The average molecular weight is 352 g/mol. The Morgan fingerprint density at radius 1 is 1.19 bits per heavy atom. The molecule has 0 spiro atoms. The SMILES string of the molecule is CC(=O)Nc1ccc(C)c(NNN/C=C\Nc2ncnc3[nH]ccc23)c1. The van der Waals surface area contributed by atoms with Crippen LogP contribution in [-0.2, 0) is 4.79 Å². The van der Waals surface area contributed by atoms with Crippen molar-refractivity contribution in [2.75, 3.05) is 16.1 Å². The molecule has 0 bridgehead atoms. The first-order valence-corrected chi connectivity index (χ1v) is 7.98. The van der Waals surface area contributed by atoms with Crippen LogP contribution in [0.15, 0.2) is 49.2 Å². The first-order valence-electron chi connectivity index (χ1n) is 7.98. The molecule has 0 aliphatic rings. The minimum atomic E-state index is -0.110. The number of rotatable bonds is 7. The number of benzene rings is 1. The molecule has 6 N–H and O–H groups in total.